The molecule has 0 unspecified atom stereocenters. The Morgan fingerprint density at radius 1 is 1.00 bits per heavy atom. The smallest absolute Gasteiger partial charge is 0.406 e. The quantitative estimate of drug-likeness (QED) is 0.795. The van der Waals surface area contributed by atoms with Gasteiger partial charge in [0.1, 0.15) is 5.75 Å². The molecule has 0 aliphatic carbocycles. The van der Waals surface area contributed by atoms with Crippen LogP contribution < -0.4 is 4.74 Å². The number of hydrogen-bond donors (Lipinski definition) is 0. The predicted octanol–water partition coefficient (Wildman–Crippen LogP) is 3.32. The van der Waals surface area contributed by atoms with Crippen molar-refractivity contribution in [2.24, 2.45) is 0 Å². The molecule has 1 radical (unpaired) electrons. The fourth-order valence-electron chi connectivity index (χ4n) is 1.80. The SMILES string of the molecule is FC(F)(F)Oc1ccc([C]2CCOCC2)cc1. The van der Waals surface area contributed by atoms with Gasteiger partial charge in [-0.15, -0.1) is 13.2 Å². The molecule has 1 aliphatic rings. The second kappa shape index (κ2) is 4.96. The first-order valence-corrected chi connectivity index (χ1v) is 5.33. The second-order valence-electron chi connectivity index (χ2n) is 3.79. The summed E-state index contributed by atoms with van der Waals surface area (Å²) in [6, 6.07) is 5.99. The number of hydrogen-bond acceptors (Lipinski definition) is 2. The average molecular weight is 245 g/mol. The Balaban J connectivity index is 2.02. The Morgan fingerprint density at radius 2 is 1.59 bits per heavy atom. The van der Waals surface area contributed by atoms with Gasteiger partial charge in [-0.3, -0.25) is 0 Å². The topological polar surface area (TPSA) is 18.5 Å². The molecule has 1 fully saturated rings. The van der Waals surface area contributed by atoms with Gasteiger partial charge in [0.25, 0.3) is 0 Å². The zero-order valence-electron chi connectivity index (χ0n) is 9.09. The number of ether oxygens (including phenoxy) is 2. The Morgan fingerprint density at radius 3 is 2.12 bits per heavy atom. The number of alkyl halides is 3. The fourth-order valence-corrected chi connectivity index (χ4v) is 1.80. The molecule has 0 atom stereocenters. The molecular weight excluding hydrogens is 233 g/mol. The minimum atomic E-state index is -4.63. The van der Waals surface area contributed by atoms with Crippen LogP contribution in [0.2, 0.25) is 0 Å². The maximum absolute atomic E-state index is 12.0. The molecule has 0 aromatic heterocycles. The summed E-state index contributed by atoms with van der Waals surface area (Å²) in [6.45, 7) is 1.35. The van der Waals surface area contributed by atoms with Crippen LogP contribution in [0.15, 0.2) is 24.3 Å². The lowest BCUT2D eigenvalue weighted by atomic mass is 9.92. The van der Waals surface area contributed by atoms with Gasteiger partial charge in [-0.05, 0) is 30.5 Å². The molecule has 0 bridgehead atoms. The average Bonchev–Trinajstić information content (AvgIpc) is 2.29. The van der Waals surface area contributed by atoms with E-state index in [0.29, 0.717) is 13.2 Å². The van der Waals surface area contributed by atoms with Crippen LogP contribution in [-0.4, -0.2) is 19.6 Å². The van der Waals surface area contributed by atoms with Crippen molar-refractivity contribution in [3.8, 4) is 5.75 Å². The minimum absolute atomic E-state index is 0.186. The van der Waals surface area contributed by atoms with Gasteiger partial charge < -0.3 is 9.47 Å². The van der Waals surface area contributed by atoms with E-state index >= 15 is 0 Å². The summed E-state index contributed by atoms with van der Waals surface area (Å²) in [6.07, 6.45) is -2.97. The van der Waals surface area contributed by atoms with E-state index in [1.165, 1.54) is 18.1 Å². The summed E-state index contributed by atoms with van der Waals surface area (Å²) in [5.41, 5.74) is 0.961. The lowest BCUT2D eigenvalue weighted by Gasteiger charge is -2.21. The van der Waals surface area contributed by atoms with E-state index in [0.717, 1.165) is 18.4 Å². The normalized spacial score (nSPS) is 18.1. The van der Waals surface area contributed by atoms with Crippen LogP contribution in [0.1, 0.15) is 18.4 Å². The van der Waals surface area contributed by atoms with E-state index in [2.05, 4.69) is 4.74 Å². The van der Waals surface area contributed by atoms with E-state index in [4.69, 9.17) is 4.74 Å². The predicted molar refractivity (Wildman–Crippen MR) is 55.5 cm³/mol. The standard InChI is InChI=1S/C12H12F3O2/c13-12(14,15)17-11-3-1-9(2-4-11)10-5-7-16-8-6-10/h1-4H,5-8H2. The number of benzene rings is 1. The summed E-state index contributed by atoms with van der Waals surface area (Å²) in [4.78, 5) is 0. The van der Waals surface area contributed by atoms with E-state index < -0.39 is 6.36 Å². The number of rotatable bonds is 2. The van der Waals surface area contributed by atoms with Gasteiger partial charge in [0.05, 0.1) is 0 Å². The molecule has 93 valence electrons. The molecule has 0 spiro atoms. The van der Waals surface area contributed by atoms with E-state index in [9.17, 15) is 13.2 Å². The summed E-state index contributed by atoms with van der Waals surface area (Å²) < 4.78 is 44.9. The molecule has 5 heteroatoms. The van der Waals surface area contributed by atoms with Gasteiger partial charge in [-0.25, -0.2) is 0 Å². The Labute approximate surface area is 97.3 Å². The highest BCUT2D eigenvalue weighted by atomic mass is 19.4. The van der Waals surface area contributed by atoms with Gasteiger partial charge in [-0.2, -0.15) is 0 Å². The lowest BCUT2D eigenvalue weighted by molar-refractivity contribution is -0.274. The highest BCUT2D eigenvalue weighted by molar-refractivity contribution is 5.36. The molecule has 1 aromatic carbocycles. The monoisotopic (exact) mass is 245 g/mol. The second-order valence-corrected chi connectivity index (χ2v) is 3.79. The molecule has 1 saturated heterocycles. The molecule has 0 N–H and O–H groups in total. The molecule has 17 heavy (non-hydrogen) atoms. The largest absolute Gasteiger partial charge is 0.573 e. The van der Waals surface area contributed by atoms with Crippen LogP contribution in [0.4, 0.5) is 13.2 Å². The van der Waals surface area contributed by atoms with E-state index in [1.54, 1.807) is 12.1 Å². The minimum Gasteiger partial charge on any atom is -0.406 e. The van der Waals surface area contributed by atoms with Crippen molar-refractivity contribution in [1.82, 2.24) is 0 Å². The fraction of sp³-hybridized carbons (Fsp3) is 0.417. The Hall–Kier alpha value is -1.23. The number of halogens is 3. The van der Waals surface area contributed by atoms with Crippen LogP contribution in [0, 0.1) is 5.92 Å². The van der Waals surface area contributed by atoms with Crippen molar-refractivity contribution in [1.29, 1.82) is 0 Å². The molecule has 0 saturated carbocycles. The van der Waals surface area contributed by atoms with Gasteiger partial charge in [-0.1, -0.05) is 12.1 Å². The molecular formula is C12H12F3O2. The first-order valence-electron chi connectivity index (χ1n) is 5.33. The maximum Gasteiger partial charge on any atom is 0.573 e. The third kappa shape index (κ3) is 3.63. The van der Waals surface area contributed by atoms with Crippen LogP contribution in [0.3, 0.4) is 0 Å². The zero-order valence-corrected chi connectivity index (χ0v) is 9.09. The van der Waals surface area contributed by atoms with Crippen molar-refractivity contribution < 1.29 is 22.6 Å². The zero-order chi connectivity index (χ0) is 12.3. The van der Waals surface area contributed by atoms with Crippen LogP contribution >= 0.6 is 0 Å². The van der Waals surface area contributed by atoms with Crippen LogP contribution in [0.25, 0.3) is 0 Å². The maximum atomic E-state index is 12.0. The lowest BCUT2D eigenvalue weighted by Crippen LogP contribution is -2.17. The Bertz CT molecular complexity index is 353. The van der Waals surface area contributed by atoms with Crippen LogP contribution in [0.5, 0.6) is 5.75 Å². The van der Waals surface area contributed by atoms with Gasteiger partial charge in [0.15, 0.2) is 0 Å². The van der Waals surface area contributed by atoms with Gasteiger partial charge in [0.2, 0.25) is 0 Å². The van der Waals surface area contributed by atoms with Crippen molar-refractivity contribution in [3.05, 3.63) is 35.7 Å². The third-order valence-corrected chi connectivity index (χ3v) is 2.59. The first-order chi connectivity index (χ1) is 8.04. The van der Waals surface area contributed by atoms with Crippen molar-refractivity contribution in [2.75, 3.05) is 13.2 Å². The van der Waals surface area contributed by atoms with Gasteiger partial charge in [0, 0.05) is 19.1 Å². The van der Waals surface area contributed by atoms with Gasteiger partial charge >= 0.3 is 6.36 Å². The van der Waals surface area contributed by atoms with E-state index in [1.807, 2.05) is 0 Å². The highest BCUT2D eigenvalue weighted by Crippen LogP contribution is 2.28. The first kappa shape index (κ1) is 12.2. The van der Waals surface area contributed by atoms with Crippen molar-refractivity contribution in [3.63, 3.8) is 0 Å². The molecule has 1 aliphatic heterocycles. The molecule has 1 heterocycles. The molecule has 2 rings (SSSR count). The van der Waals surface area contributed by atoms with E-state index in [-0.39, 0.29) is 5.75 Å². The molecule has 2 nitrogen and oxygen atoms in total. The molecule has 1 aromatic rings. The Kier molecular flexibility index (Phi) is 3.57. The van der Waals surface area contributed by atoms with Crippen LogP contribution in [-0.2, 0) is 4.74 Å². The van der Waals surface area contributed by atoms with Crippen molar-refractivity contribution in [2.45, 2.75) is 19.2 Å². The summed E-state index contributed by atoms with van der Waals surface area (Å²) >= 11 is 0. The summed E-state index contributed by atoms with van der Waals surface area (Å²) in [5.74, 6) is 1.03. The molecule has 0 amide bonds. The third-order valence-electron chi connectivity index (χ3n) is 2.59. The van der Waals surface area contributed by atoms with Crippen molar-refractivity contribution >= 4 is 0 Å². The summed E-state index contributed by atoms with van der Waals surface area (Å²) in [5, 5.41) is 0. The highest BCUT2D eigenvalue weighted by Gasteiger charge is 2.31. The summed E-state index contributed by atoms with van der Waals surface area (Å²) in [7, 11) is 0.